The fourth-order valence-corrected chi connectivity index (χ4v) is 4.22. The first-order chi connectivity index (χ1) is 12.0. The Morgan fingerprint density at radius 2 is 1.84 bits per heavy atom. The van der Waals surface area contributed by atoms with Crippen molar-refractivity contribution in [1.29, 1.82) is 0 Å². The molecule has 0 aliphatic rings. The summed E-state index contributed by atoms with van der Waals surface area (Å²) < 4.78 is 5.33. The topological polar surface area (TPSA) is 35.6 Å². The summed E-state index contributed by atoms with van der Waals surface area (Å²) in [5.41, 5.74) is 7.06. The Labute approximate surface area is 155 Å². The SMILES string of the molecule is CCc1cc2c3cc(Br)cc(-c4cnn(C)c4)c3n(CC)c2c(C)n1. The van der Waals surface area contributed by atoms with Crippen molar-refractivity contribution in [3.05, 3.63) is 46.5 Å². The Morgan fingerprint density at radius 1 is 1.08 bits per heavy atom. The molecule has 4 aromatic rings. The molecule has 0 fully saturated rings. The van der Waals surface area contributed by atoms with Crippen molar-refractivity contribution in [1.82, 2.24) is 19.3 Å². The predicted molar refractivity (Wildman–Crippen MR) is 107 cm³/mol. The minimum Gasteiger partial charge on any atom is -0.339 e. The summed E-state index contributed by atoms with van der Waals surface area (Å²) in [6, 6.07) is 6.66. The second-order valence-corrected chi connectivity index (χ2v) is 7.36. The Morgan fingerprint density at radius 3 is 2.48 bits per heavy atom. The van der Waals surface area contributed by atoms with Gasteiger partial charge >= 0.3 is 0 Å². The number of pyridine rings is 1. The van der Waals surface area contributed by atoms with Gasteiger partial charge in [0.2, 0.25) is 0 Å². The monoisotopic (exact) mass is 396 g/mol. The molecule has 0 saturated heterocycles. The molecule has 0 radical (unpaired) electrons. The van der Waals surface area contributed by atoms with Gasteiger partial charge in [-0.15, -0.1) is 0 Å². The molecule has 3 aromatic heterocycles. The molecule has 0 saturated carbocycles. The fourth-order valence-electron chi connectivity index (χ4n) is 3.76. The molecule has 1 aromatic carbocycles. The first-order valence-corrected chi connectivity index (χ1v) is 9.43. The van der Waals surface area contributed by atoms with E-state index in [9.17, 15) is 0 Å². The van der Waals surface area contributed by atoms with Gasteiger partial charge in [0, 0.05) is 51.9 Å². The Bertz CT molecular complexity index is 1100. The molecule has 0 N–H and O–H groups in total. The van der Waals surface area contributed by atoms with Crippen LogP contribution in [0, 0.1) is 6.92 Å². The van der Waals surface area contributed by atoms with E-state index in [-0.39, 0.29) is 0 Å². The lowest BCUT2D eigenvalue weighted by Gasteiger charge is -2.09. The maximum atomic E-state index is 4.80. The van der Waals surface area contributed by atoms with Gasteiger partial charge in [-0.2, -0.15) is 5.10 Å². The average molecular weight is 397 g/mol. The second-order valence-electron chi connectivity index (χ2n) is 6.45. The number of aromatic nitrogens is 4. The van der Waals surface area contributed by atoms with Crippen molar-refractivity contribution in [2.75, 3.05) is 0 Å². The molecule has 4 nitrogen and oxygen atoms in total. The van der Waals surface area contributed by atoms with Gasteiger partial charge in [-0.3, -0.25) is 9.67 Å². The molecule has 0 aliphatic carbocycles. The van der Waals surface area contributed by atoms with Crippen molar-refractivity contribution in [2.45, 2.75) is 33.7 Å². The first-order valence-electron chi connectivity index (χ1n) is 8.64. The molecular weight excluding hydrogens is 376 g/mol. The third-order valence-corrected chi connectivity index (χ3v) is 5.28. The molecule has 25 heavy (non-hydrogen) atoms. The number of fused-ring (bicyclic) bond motifs is 3. The van der Waals surface area contributed by atoms with Crippen LogP contribution in [0.1, 0.15) is 25.2 Å². The van der Waals surface area contributed by atoms with E-state index in [1.807, 2.05) is 17.9 Å². The van der Waals surface area contributed by atoms with Gasteiger partial charge in [-0.1, -0.05) is 22.9 Å². The number of nitrogens with zero attached hydrogens (tertiary/aromatic N) is 4. The molecule has 0 unspecified atom stereocenters. The molecule has 0 atom stereocenters. The Hall–Kier alpha value is -2.14. The number of hydrogen-bond donors (Lipinski definition) is 0. The standard InChI is InChI=1S/C20H21BrN4/c1-5-15-9-18-17-8-14(21)7-16(13-10-22-24(4)11-13)20(17)25(6-2)19(18)12(3)23-15/h7-11H,5-6H2,1-4H3. The highest BCUT2D eigenvalue weighted by atomic mass is 79.9. The van der Waals surface area contributed by atoms with Crippen molar-refractivity contribution in [3.8, 4) is 11.1 Å². The summed E-state index contributed by atoms with van der Waals surface area (Å²) in [4.78, 5) is 4.80. The van der Waals surface area contributed by atoms with Gasteiger partial charge in [0.25, 0.3) is 0 Å². The normalized spacial score (nSPS) is 11.7. The van der Waals surface area contributed by atoms with E-state index in [1.54, 1.807) is 0 Å². The zero-order valence-corrected chi connectivity index (χ0v) is 16.6. The molecule has 4 rings (SSSR count). The molecule has 0 amide bonds. The van der Waals surface area contributed by atoms with Gasteiger partial charge in [-0.25, -0.2) is 0 Å². The lowest BCUT2D eigenvalue weighted by atomic mass is 10.0. The highest BCUT2D eigenvalue weighted by Gasteiger charge is 2.18. The van der Waals surface area contributed by atoms with Crippen LogP contribution in [0.15, 0.2) is 35.1 Å². The molecule has 0 bridgehead atoms. The van der Waals surface area contributed by atoms with Crippen LogP contribution in [-0.2, 0) is 20.0 Å². The lowest BCUT2D eigenvalue weighted by molar-refractivity contribution is 0.768. The summed E-state index contributed by atoms with van der Waals surface area (Å²) >= 11 is 3.71. The summed E-state index contributed by atoms with van der Waals surface area (Å²) in [5, 5.41) is 6.92. The minimum absolute atomic E-state index is 0.906. The summed E-state index contributed by atoms with van der Waals surface area (Å²) in [6.45, 7) is 7.37. The quantitative estimate of drug-likeness (QED) is 0.474. The van der Waals surface area contributed by atoms with E-state index in [1.165, 1.54) is 27.4 Å². The predicted octanol–water partition coefficient (Wildman–Crippen LogP) is 5.24. The highest BCUT2D eigenvalue weighted by Crippen LogP contribution is 2.39. The maximum Gasteiger partial charge on any atom is 0.0707 e. The molecule has 3 heterocycles. The number of hydrogen-bond acceptors (Lipinski definition) is 2. The summed E-state index contributed by atoms with van der Waals surface area (Å²) in [5.74, 6) is 0. The largest absolute Gasteiger partial charge is 0.339 e. The van der Waals surface area contributed by atoms with Crippen LogP contribution in [0.2, 0.25) is 0 Å². The average Bonchev–Trinajstić information content (AvgIpc) is 3.15. The second kappa shape index (κ2) is 5.99. The van der Waals surface area contributed by atoms with Crippen LogP contribution >= 0.6 is 15.9 Å². The van der Waals surface area contributed by atoms with Crippen molar-refractivity contribution in [2.24, 2.45) is 7.05 Å². The van der Waals surface area contributed by atoms with Gasteiger partial charge in [0.05, 0.1) is 22.9 Å². The first kappa shape index (κ1) is 16.3. The Balaban J connectivity index is 2.22. The molecule has 5 heteroatoms. The van der Waals surface area contributed by atoms with E-state index in [0.717, 1.165) is 34.4 Å². The third kappa shape index (κ3) is 2.49. The number of benzene rings is 1. The number of aryl methyl sites for hydroxylation is 4. The van der Waals surface area contributed by atoms with Crippen LogP contribution in [0.3, 0.4) is 0 Å². The zero-order chi connectivity index (χ0) is 17.7. The molecular formula is C20H21BrN4. The minimum atomic E-state index is 0.906. The van der Waals surface area contributed by atoms with E-state index in [0.29, 0.717) is 0 Å². The van der Waals surface area contributed by atoms with Gasteiger partial charge in [0.1, 0.15) is 0 Å². The van der Waals surface area contributed by atoms with E-state index in [4.69, 9.17) is 4.98 Å². The fraction of sp³-hybridized carbons (Fsp3) is 0.300. The maximum absolute atomic E-state index is 4.80. The van der Waals surface area contributed by atoms with Gasteiger partial charge in [-0.05, 0) is 38.5 Å². The molecule has 0 spiro atoms. The van der Waals surface area contributed by atoms with E-state index < -0.39 is 0 Å². The summed E-state index contributed by atoms with van der Waals surface area (Å²) in [7, 11) is 1.95. The van der Waals surface area contributed by atoms with E-state index >= 15 is 0 Å². The van der Waals surface area contributed by atoms with Crippen LogP contribution in [0.25, 0.3) is 32.9 Å². The van der Waals surface area contributed by atoms with Crippen LogP contribution in [-0.4, -0.2) is 19.3 Å². The number of rotatable bonds is 3. The van der Waals surface area contributed by atoms with Gasteiger partial charge < -0.3 is 4.57 Å². The van der Waals surface area contributed by atoms with Crippen molar-refractivity contribution >= 4 is 37.7 Å². The zero-order valence-electron chi connectivity index (χ0n) is 15.0. The highest BCUT2D eigenvalue weighted by molar-refractivity contribution is 9.10. The number of halogens is 1. The Kier molecular flexibility index (Phi) is 3.91. The van der Waals surface area contributed by atoms with Crippen LogP contribution in [0.4, 0.5) is 0 Å². The van der Waals surface area contributed by atoms with E-state index in [2.05, 4.69) is 70.8 Å². The molecule has 0 aliphatic heterocycles. The van der Waals surface area contributed by atoms with Crippen molar-refractivity contribution < 1.29 is 0 Å². The summed E-state index contributed by atoms with van der Waals surface area (Å²) in [6.07, 6.45) is 4.95. The van der Waals surface area contributed by atoms with Crippen LogP contribution < -0.4 is 0 Å². The van der Waals surface area contributed by atoms with Crippen molar-refractivity contribution in [3.63, 3.8) is 0 Å². The lowest BCUT2D eigenvalue weighted by Crippen LogP contribution is -1.99. The third-order valence-electron chi connectivity index (χ3n) is 4.82. The smallest absolute Gasteiger partial charge is 0.0707 e. The van der Waals surface area contributed by atoms with Gasteiger partial charge in [0.15, 0.2) is 0 Å². The van der Waals surface area contributed by atoms with Crippen LogP contribution in [0.5, 0.6) is 0 Å². The molecule has 128 valence electrons.